The lowest BCUT2D eigenvalue weighted by atomic mass is 10.1. The highest BCUT2D eigenvalue weighted by atomic mass is 79.9. The Balaban J connectivity index is 1.76. The van der Waals surface area contributed by atoms with Crippen molar-refractivity contribution in [2.45, 2.75) is 33.2 Å². The molecule has 0 fully saturated rings. The van der Waals surface area contributed by atoms with Gasteiger partial charge in [-0.3, -0.25) is 9.59 Å². The summed E-state index contributed by atoms with van der Waals surface area (Å²) in [6.45, 7) is 5.40. The zero-order valence-corrected chi connectivity index (χ0v) is 17.7. The van der Waals surface area contributed by atoms with Crippen LogP contribution in [-0.2, 0) is 9.59 Å². The first-order valence-corrected chi connectivity index (χ1v) is 9.69. The molecule has 0 aliphatic heterocycles. The van der Waals surface area contributed by atoms with Crippen LogP contribution >= 0.6 is 15.9 Å². The Bertz CT molecular complexity index is 853. The van der Waals surface area contributed by atoms with Crippen LogP contribution in [0.15, 0.2) is 58.1 Å². The van der Waals surface area contributed by atoms with Gasteiger partial charge in [-0.2, -0.15) is 5.10 Å². The number of carbonyl (C=O) groups is 2. The number of nitrogens with zero attached hydrogens (tertiary/aromatic N) is 1. The van der Waals surface area contributed by atoms with Gasteiger partial charge in [-0.15, -0.1) is 0 Å². The van der Waals surface area contributed by atoms with E-state index in [4.69, 9.17) is 4.74 Å². The SMILES string of the molecule is CC(CC(=O)NC(C)c1ccccc1)=NNC(=O)COc1ccc(C)cc1Br. The van der Waals surface area contributed by atoms with Crippen molar-refractivity contribution in [2.24, 2.45) is 5.10 Å². The summed E-state index contributed by atoms with van der Waals surface area (Å²) in [7, 11) is 0. The van der Waals surface area contributed by atoms with Crippen LogP contribution in [0.5, 0.6) is 5.75 Å². The number of hydrazone groups is 1. The van der Waals surface area contributed by atoms with E-state index in [1.54, 1.807) is 13.0 Å². The van der Waals surface area contributed by atoms with Crippen molar-refractivity contribution in [1.29, 1.82) is 0 Å². The highest BCUT2D eigenvalue weighted by Crippen LogP contribution is 2.25. The fourth-order valence-electron chi connectivity index (χ4n) is 2.45. The molecule has 2 aromatic carbocycles. The summed E-state index contributed by atoms with van der Waals surface area (Å²) in [5.41, 5.74) is 5.02. The summed E-state index contributed by atoms with van der Waals surface area (Å²) in [5, 5.41) is 6.87. The number of halogens is 1. The van der Waals surface area contributed by atoms with Crippen LogP contribution in [0.1, 0.15) is 37.4 Å². The van der Waals surface area contributed by atoms with Crippen molar-refractivity contribution in [3.63, 3.8) is 0 Å². The molecule has 1 unspecified atom stereocenters. The molecule has 2 amide bonds. The number of ether oxygens (including phenoxy) is 1. The maximum Gasteiger partial charge on any atom is 0.277 e. The number of carbonyl (C=O) groups excluding carboxylic acids is 2. The molecular weight excluding hydrogens is 422 g/mol. The van der Waals surface area contributed by atoms with Gasteiger partial charge in [0.15, 0.2) is 6.61 Å². The molecule has 0 spiro atoms. The second-order valence-electron chi connectivity index (χ2n) is 6.48. The number of hydrogen-bond acceptors (Lipinski definition) is 4. The lowest BCUT2D eigenvalue weighted by Crippen LogP contribution is -2.29. The van der Waals surface area contributed by atoms with E-state index < -0.39 is 5.91 Å². The van der Waals surface area contributed by atoms with Gasteiger partial charge in [0.1, 0.15) is 5.75 Å². The summed E-state index contributed by atoms with van der Waals surface area (Å²) in [4.78, 5) is 24.0. The Morgan fingerprint density at radius 3 is 2.54 bits per heavy atom. The molecule has 0 heterocycles. The average Bonchev–Trinajstić information content (AvgIpc) is 2.66. The van der Waals surface area contributed by atoms with Gasteiger partial charge in [0.05, 0.1) is 16.9 Å². The van der Waals surface area contributed by atoms with E-state index in [0.29, 0.717) is 11.5 Å². The third kappa shape index (κ3) is 7.15. The summed E-state index contributed by atoms with van der Waals surface area (Å²) < 4.78 is 6.24. The lowest BCUT2D eigenvalue weighted by Gasteiger charge is -2.14. The molecule has 0 aromatic heterocycles. The minimum Gasteiger partial charge on any atom is -0.483 e. The molecule has 0 bridgehead atoms. The van der Waals surface area contributed by atoms with Crippen molar-refractivity contribution in [3.05, 3.63) is 64.1 Å². The third-order valence-electron chi connectivity index (χ3n) is 3.91. The number of hydrogen-bond donors (Lipinski definition) is 2. The van der Waals surface area contributed by atoms with Crippen LogP contribution in [-0.4, -0.2) is 24.1 Å². The molecule has 28 heavy (non-hydrogen) atoms. The zero-order chi connectivity index (χ0) is 20.5. The molecule has 6 nitrogen and oxygen atoms in total. The van der Waals surface area contributed by atoms with Gasteiger partial charge < -0.3 is 10.1 Å². The minimum atomic E-state index is -0.398. The maximum absolute atomic E-state index is 12.1. The lowest BCUT2D eigenvalue weighted by molar-refractivity contribution is -0.123. The van der Waals surface area contributed by atoms with E-state index >= 15 is 0 Å². The van der Waals surface area contributed by atoms with Crippen molar-refractivity contribution >= 4 is 33.5 Å². The molecule has 0 saturated heterocycles. The quantitative estimate of drug-likeness (QED) is 0.477. The summed E-state index contributed by atoms with van der Waals surface area (Å²) >= 11 is 3.39. The summed E-state index contributed by atoms with van der Waals surface area (Å²) in [6, 6.07) is 15.2. The van der Waals surface area contributed by atoms with Gasteiger partial charge in [0.25, 0.3) is 5.91 Å². The van der Waals surface area contributed by atoms with Gasteiger partial charge in [0.2, 0.25) is 5.91 Å². The Labute approximate surface area is 173 Å². The molecule has 1 atom stereocenters. The average molecular weight is 446 g/mol. The maximum atomic E-state index is 12.1. The van der Waals surface area contributed by atoms with Crippen LogP contribution in [0.2, 0.25) is 0 Å². The molecular formula is C21H24BrN3O3. The third-order valence-corrected chi connectivity index (χ3v) is 4.53. The van der Waals surface area contributed by atoms with Gasteiger partial charge in [-0.25, -0.2) is 5.43 Å². The molecule has 0 saturated carbocycles. The van der Waals surface area contributed by atoms with E-state index in [0.717, 1.165) is 15.6 Å². The van der Waals surface area contributed by atoms with Crippen molar-refractivity contribution in [1.82, 2.24) is 10.7 Å². The van der Waals surface area contributed by atoms with Gasteiger partial charge in [-0.05, 0) is 60.0 Å². The number of nitrogens with one attached hydrogen (secondary N) is 2. The smallest absolute Gasteiger partial charge is 0.277 e. The first kappa shape index (κ1) is 21.6. The molecule has 148 valence electrons. The van der Waals surface area contributed by atoms with E-state index in [9.17, 15) is 9.59 Å². The second-order valence-corrected chi connectivity index (χ2v) is 7.34. The number of benzene rings is 2. The van der Waals surface area contributed by atoms with Crippen molar-refractivity contribution in [2.75, 3.05) is 6.61 Å². The standard InChI is InChI=1S/C21H24BrN3O3/c1-14-9-10-19(18(22)11-14)28-13-21(27)25-24-15(2)12-20(26)23-16(3)17-7-5-4-6-8-17/h4-11,16H,12-13H2,1-3H3,(H,23,26)(H,25,27). The molecule has 7 heteroatoms. The predicted octanol–water partition coefficient (Wildman–Crippen LogP) is 3.90. The molecule has 2 rings (SSSR count). The van der Waals surface area contributed by atoms with Crippen LogP contribution in [0.25, 0.3) is 0 Å². The Kier molecular flexibility index (Phi) is 8.19. The zero-order valence-electron chi connectivity index (χ0n) is 16.2. The van der Waals surface area contributed by atoms with E-state index in [-0.39, 0.29) is 25.0 Å². The van der Waals surface area contributed by atoms with E-state index in [1.807, 2.05) is 56.3 Å². The van der Waals surface area contributed by atoms with Crippen LogP contribution in [0, 0.1) is 6.92 Å². The predicted molar refractivity (Wildman–Crippen MR) is 113 cm³/mol. The summed E-state index contributed by atoms with van der Waals surface area (Å²) in [6.07, 6.45) is 0.0990. The normalized spacial score (nSPS) is 12.2. The Hall–Kier alpha value is -2.67. The molecule has 0 radical (unpaired) electrons. The highest BCUT2D eigenvalue weighted by molar-refractivity contribution is 9.10. The Morgan fingerprint density at radius 2 is 1.86 bits per heavy atom. The van der Waals surface area contributed by atoms with Crippen molar-refractivity contribution < 1.29 is 14.3 Å². The van der Waals surface area contributed by atoms with Gasteiger partial charge in [0, 0.05) is 5.71 Å². The van der Waals surface area contributed by atoms with E-state index in [1.165, 1.54) is 0 Å². The Morgan fingerprint density at radius 1 is 1.14 bits per heavy atom. The highest BCUT2D eigenvalue weighted by Gasteiger charge is 2.11. The van der Waals surface area contributed by atoms with Crippen LogP contribution in [0.3, 0.4) is 0 Å². The summed E-state index contributed by atoms with van der Waals surface area (Å²) in [5.74, 6) is 0.0207. The monoisotopic (exact) mass is 445 g/mol. The number of rotatable bonds is 8. The fraction of sp³-hybridized carbons (Fsp3) is 0.286. The number of amides is 2. The molecule has 0 aliphatic rings. The van der Waals surface area contributed by atoms with Gasteiger partial charge in [-0.1, -0.05) is 36.4 Å². The van der Waals surface area contributed by atoms with Crippen molar-refractivity contribution in [3.8, 4) is 5.75 Å². The number of aryl methyl sites for hydroxylation is 1. The molecule has 2 aromatic rings. The van der Waals surface area contributed by atoms with E-state index in [2.05, 4.69) is 31.8 Å². The molecule has 2 N–H and O–H groups in total. The van der Waals surface area contributed by atoms with Crippen LogP contribution < -0.4 is 15.5 Å². The first-order valence-electron chi connectivity index (χ1n) is 8.90. The molecule has 0 aliphatic carbocycles. The minimum absolute atomic E-state index is 0.0990. The van der Waals surface area contributed by atoms with Gasteiger partial charge >= 0.3 is 0 Å². The first-order chi connectivity index (χ1) is 13.3. The topological polar surface area (TPSA) is 79.8 Å². The second kappa shape index (κ2) is 10.6. The fourth-order valence-corrected chi connectivity index (χ4v) is 3.05. The largest absolute Gasteiger partial charge is 0.483 e. The van der Waals surface area contributed by atoms with Crippen LogP contribution in [0.4, 0.5) is 0 Å².